The zero-order valence-electron chi connectivity index (χ0n) is 12.4. The minimum atomic E-state index is 0.0933. The molecule has 1 amide bonds. The Balaban J connectivity index is 2.36. The van der Waals surface area contributed by atoms with Crippen molar-refractivity contribution in [2.24, 2.45) is 0 Å². The van der Waals surface area contributed by atoms with Gasteiger partial charge in [-0.05, 0) is 37.8 Å². The second-order valence-corrected chi connectivity index (χ2v) is 5.37. The summed E-state index contributed by atoms with van der Waals surface area (Å²) < 4.78 is 5.77. The van der Waals surface area contributed by atoms with Crippen LogP contribution in [0.5, 0.6) is 5.75 Å². The van der Waals surface area contributed by atoms with E-state index >= 15 is 0 Å². The van der Waals surface area contributed by atoms with Crippen molar-refractivity contribution in [2.75, 3.05) is 6.61 Å². The Morgan fingerprint density at radius 1 is 1.21 bits per heavy atom. The molecule has 0 heterocycles. The quantitative estimate of drug-likeness (QED) is 0.765. The fourth-order valence-electron chi connectivity index (χ4n) is 1.90. The first-order valence-electron chi connectivity index (χ1n) is 7.01. The van der Waals surface area contributed by atoms with Crippen LogP contribution in [0.25, 0.3) is 0 Å². The standard InChI is InChI=1S/C16H25NO2/c1-12(2)14-8-5-6-9-15(14)19-11-7-10-16(18)17-13(3)4/h5-6,8-9,12-13H,7,10-11H2,1-4H3,(H,17,18). The Hall–Kier alpha value is -1.51. The summed E-state index contributed by atoms with van der Waals surface area (Å²) >= 11 is 0. The molecule has 0 radical (unpaired) electrons. The van der Waals surface area contributed by atoms with Crippen LogP contribution in [0.1, 0.15) is 52.0 Å². The van der Waals surface area contributed by atoms with Crippen molar-refractivity contribution in [2.45, 2.75) is 52.5 Å². The zero-order valence-corrected chi connectivity index (χ0v) is 12.4. The number of amides is 1. The third-order valence-electron chi connectivity index (χ3n) is 2.80. The number of hydrogen-bond acceptors (Lipinski definition) is 2. The fourth-order valence-corrected chi connectivity index (χ4v) is 1.90. The third kappa shape index (κ3) is 5.77. The third-order valence-corrected chi connectivity index (χ3v) is 2.80. The van der Waals surface area contributed by atoms with Gasteiger partial charge in [0.05, 0.1) is 6.61 Å². The number of carbonyl (C=O) groups excluding carboxylic acids is 1. The number of rotatable bonds is 7. The van der Waals surface area contributed by atoms with Gasteiger partial charge in [0.1, 0.15) is 5.75 Å². The van der Waals surface area contributed by atoms with Gasteiger partial charge in [0.2, 0.25) is 5.91 Å². The summed E-state index contributed by atoms with van der Waals surface area (Å²) in [4.78, 5) is 11.5. The van der Waals surface area contributed by atoms with Crippen LogP contribution in [0.3, 0.4) is 0 Å². The average molecular weight is 263 g/mol. The minimum Gasteiger partial charge on any atom is -0.493 e. The Kier molecular flexibility index (Phi) is 6.40. The topological polar surface area (TPSA) is 38.3 Å². The van der Waals surface area contributed by atoms with Crippen LogP contribution in [-0.4, -0.2) is 18.6 Å². The maximum Gasteiger partial charge on any atom is 0.220 e. The van der Waals surface area contributed by atoms with Crippen molar-refractivity contribution in [3.05, 3.63) is 29.8 Å². The van der Waals surface area contributed by atoms with Crippen molar-refractivity contribution in [3.8, 4) is 5.75 Å². The molecule has 0 aliphatic rings. The predicted molar refractivity (Wildman–Crippen MR) is 78.5 cm³/mol. The molecule has 0 atom stereocenters. The molecular formula is C16H25NO2. The molecular weight excluding hydrogens is 238 g/mol. The van der Waals surface area contributed by atoms with E-state index in [4.69, 9.17) is 4.74 Å². The second-order valence-electron chi connectivity index (χ2n) is 5.37. The van der Waals surface area contributed by atoms with Crippen LogP contribution >= 0.6 is 0 Å². The molecule has 0 bridgehead atoms. The van der Waals surface area contributed by atoms with Gasteiger partial charge in [-0.15, -0.1) is 0 Å². The Morgan fingerprint density at radius 2 is 1.89 bits per heavy atom. The van der Waals surface area contributed by atoms with Crippen molar-refractivity contribution < 1.29 is 9.53 Å². The number of carbonyl (C=O) groups is 1. The van der Waals surface area contributed by atoms with Gasteiger partial charge in [0.15, 0.2) is 0 Å². The molecule has 3 nitrogen and oxygen atoms in total. The summed E-state index contributed by atoms with van der Waals surface area (Å²) in [6.07, 6.45) is 1.26. The van der Waals surface area contributed by atoms with Gasteiger partial charge in [-0.25, -0.2) is 0 Å². The molecule has 0 aliphatic heterocycles. The zero-order chi connectivity index (χ0) is 14.3. The molecule has 0 spiro atoms. The number of hydrogen-bond donors (Lipinski definition) is 1. The van der Waals surface area contributed by atoms with E-state index in [-0.39, 0.29) is 11.9 Å². The van der Waals surface area contributed by atoms with Gasteiger partial charge in [0.25, 0.3) is 0 Å². The molecule has 1 aromatic carbocycles. The summed E-state index contributed by atoms with van der Waals surface area (Å²) in [7, 11) is 0. The second kappa shape index (κ2) is 7.82. The highest BCUT2D eigenvalue weighted by Gasteiger charge is 2.07. The van der Waals surface area contributed by atoms with E-state index in [9.17, 15) is 4.79 Å². The lowest BCUT2D eigenvalue weighted by molar-refractivity contribution is -0.121. The highest BCUT2D eigenvalue weighted by molar-refractivity contribution is 5.76. The maximum absolute atomic E-state index is 11.5. The maximum atomic E-state index is 11.5. The molecule has 0 aliphatic carbocycles. The lowest BCUT2D eigenvalue weighted by atomic mass is 10.0. The molecule has 0 saturated carbocycles. The number of nitrogens with one attached hydrogen (secondary N) is 1. The van der Waals surface area contributed by atoms with Crippen LogP contribution in [0.15, 0.2) is 24.3 Å². The van der Waals surface area contributed by atoms with Crippen LogP contribution in [-0.2, 0) is 4.79 Å². The average Bonchev–Trinajstić information content (AvgIpc) is 2.34. The highest BCUT2D eigenvalue weighted by atomic mass is 16.5. The molecule has 3 heteroatoms. The summed E-state index contributed by atoms with van der Waals surface area (Å²) in [6, 6.07) is 8.29. The smallest absolute Gasteiger partial charge is 0.220 e. The van der Waals surface area contributed by atoms with Crippen LogP contribution < -0.4 is 10.1 Å². The number of benzene rings is 1. The van der Waals surface area contributed by atoms with Gasteiger partial charge >= 0.3 is 0 Å². The van der Waals surface area contributed by atoms with E-state index in [0.717, 1.165) is 12.2 Å². The van der Waals surface area contributed by atoms with E-state index < -0.39 is 0 Å². The highest BCUT2D eigenvalue weighted by Crippen LogP contribution is 2.25. The molecule has 19 heavy (non-hydrogen) atoms. The van der Waals surface area contributed by atoms with Crippen LogP contribution in [0.2, 0.25) is 0 Å². The normalized spacial score (nSPS) is 10.8. The summed E-state index contributed by atoms with van der Waals surface area (Å²) in [6.45, 7) is 8.81. The lowest BCUT2D eigenvalue weighted by Gasteiger charge is -2.14. The molecule has 106 valence electrons. The van der Waals surface area contributed by atoms with Crippen molar-refractivity contribution in [1.82, 2.24) is 5.32 Å². The van der Waals surface area contributed by atoms with Crippen LogP contribution in [0, 0.1) is 0 Å². The molecule has 0 fully saturated rings. The Morgan fingerprint density at radius 3 is 2.53 bits per heavy atom. The van der Waals surface area contributed by atoms with E-state index in [1.165, 1.54) is 5.56 Å². The van der Waals surface area contributed by atoms with E-state index in [2.05, 4.69) is 25.2 Å². The lowest BCUT2D eigenvalue weighted by Crippen LogP contribution is -2.30. The van der Waals surface area contributed by atoms with Crippen molar-refractivity contribution in [3.63, 3.8) is 0 Å². The molecule has 0 aromatic heterocycles. The summed E-state index contributed by atoms with van der Waals surface area (Å²) in [5.41, 5.74) is 1.22. The molecule has 1 rings (SSSR count). The first-order chi connectivity index (χ1) is 9.00. The Bertz CT molecular complexity index is 399. The SMILES string of the molecule is CC(C)NC(=O)CCCOc1ccccc1C(C)C. The predicted octanol–water partition coefficient (Wildman–Crippen LogP) is 3.49. The first kappa shape index (κ1) is 15.5. The molecule has 1 N–H and O–H groups in total. The van der Waals surface area contributed by atoms with Gasteiger partial charge < -0.3 is 10.1 Å². The van der Waals surface area contributed by atoms with Crippen molar-refractivity contribution >= 4 is 5.91 Å². The Labute approximate surface area is 116 Å². The monoisotopic (exact) mass is 263 g/mol. The molecule has 0 unspecified atom stereocenters. The van der Waals surface area contributed by atoms with E-state index in [1.54, 1.807) is 0 Å². The minimum absolute atomic E-state index is 0.0933. The van der Waals surface area contributed by atoms with Crippen molar-refractivity contribution in [1.29, 1.82) is 0 Å². The number of para-hydroxylation sites is 1. The molecule has 0 saturated heterocycles. The van der Waals surface area contributed by atoms with Gasteiger partial charge in [0, 0.05) is 12.5 Å². The summed E-state index contributed by atoms with van der Waals surface area (Å²) in [5.74, 6) is 1.47. The van der Waals surface area contributed by atoms with Gasteiger partial charge in [-0.1, -0.05) is 32.0 Å². The van der Waals surface area contributed by atoms with Crippen LogP contribution in [0.4, 0.5) is 0 Å². The van der Waals surface area contributed by atoms with Gasteiger partial charge in [-0.2, -0.15) is 0 Å². The first-order valence-corrected chi connectivity index (χ1v) is 7.01. The fraction of sp³-hybridized carbons (Fsp3) is 0.562. The molecule has 1 aromatic rings. The largest absolute Gasteiger partial charge is 0.493 e. The van der Waals surface area contributed by atoms with E-state index in [1.807, 2.05) is 32.0 Å². The van der Waals surface area contributed by atoms with Gasteiger partial charge in [-0.3, -0.25) is 4.79 Å². The van der Waals surface area contributed by atoms with E-state index in [0.29, 0.717) is 18.9 Å². The summed E-state index contributed by atoms with van der Waals surface area (Å²) in [5, 5.41) is 2.88. The number of ether oxygens (including phenoxy) is 1.